The molecule has 0 radical (unpaired) electrons. The van der Waals surface area contributed by atoms with Gasteiger partial charge in [0.25, 0.3) is 17.1 Å². The number of hydrogen-bond donors (Lipinski definition) is 1. The number of imide groups is 1. The van der Waals surface area contributed by atoms with E-state index in [1.807, 2.05) is 72.1 Å². The molecule has 7 heteroatoms. The number of carbonyl (C=O) groups is 3. The van der Waals surface area contributed by atoms with Crippen molar-refractivity contribution >= 4 is 46.2 Å². The van der Waals surface area contributed by atoms with Crippen LogP contribution in [0.1, 0.15) is 15.2 Å². The molecule has 150 valence electrons. The maximum absolute atomic E-state index is 12.6. The van der Waals surface area contributed by atoms with Gasteiger partial charge in [0.15, 0.2) is 0 Å². The second-order valence-corrected chi connectivity index (χ2v) is 8.44. The monoisotopic (exact) mass is 434 g/mol. The van der Waals surface area contributed by atoms with Gasteiger partial charge in [0, 0.05) is 18.7 Å². The highest BCUT2D eigenvalue weighted by molar-refractivity contribution is 8.18. The molecule has 1 N–H and O–H groups in total. The minimum atomic E-state index is -0.329. The lowest BCUT2D eigenvalue weighted by atomic mass is 10.1. The van der Waals surface area contributed by atoms with Gasteiger partial charge in [-0.2, -0.15) is 0 Å². The van der Waals surface area contributed by atoms with Gasteiger partial charge in [-0.25, -0.2) is 0 Å². The van der Waals surface area contributed by atoms with E-state index >= 15 is 0 Å². The fraction of sp³-hybridized carbons (Fsp3) is 0.0870. The summed E-state index contributed by atoms with van der Waals surface area (Å²) >= 11 is 2.29. The normalized spacial score (nSPS) is 15.1. The van der Waals surface area contributed by atoms with E-state index in [0.29, 0.717) is 9.78 Å². The van der Waals surface area contributed by atoms with Crippen LogP contribution >= 0.6 is 23.1 Å². The molecule has 5 nitrogen and oxygen atoms in total. The van der Waals surface area contributed by atoms with Crippen LogP contribution in [0.3, 0.4) is 0 Å². The number of thiophene rings is 1. The van der Waals surface area contributed by atoms with E-state index < -0.39 is 0 Å². The molecule has 30 heavy (non-hydrogen) atoms. The van der Waals surface area contributed by atoms with Crippen molar-refractivity contribution in [2.45, 2.75) is 0 Å². The maximum Gasteiger partial charge on any atom is 0.293 e. The Hall–Kier alpha value is -3.16. The van der Waals surface area contributed by atoms with Crippen molar-refractivity contribution in [1.29, 1.82) is 0 Å². The Morgan fingerprint density at radius 3 is 2.40 bits per heavy atom. The molecule has 0 unspecified atom stereocenters. The van der Waals surface area contributed by atoms with Gasteiger partial charge in [-0.15, -0.1) is 11.3 Å². The summed E-state index contributed by atoms with van der Waals surface area (Å²) in [6.07, 6.45) is 1.71. The molecule has 0 spiro atoms. The average Bonchev–Trinajstić information content (AvgIpc) is 3.36. The topological polar surface area (TPSA) is 66.5 Å². The number of benzene rings is 2. The van der Waals surface area contributed by atoms with Crippen LogP contribution in [-0.4, -0.2) is 35.0 Å². The number of nitrogens with zero attached hydrogens (tertiary/aromatic N) is 1. The molecule has 1 saturated heterocycles. The number of nitrogens with one attached hydrogen (secondary N) is 1. The molecule has 1 aliphatic rings. The van der Waals surface area contributed by atoms with Gasteiger partial charge in [-0.05, 0) is 40.4 Å². The SMILES string of the molecule is O=C(NCCN1C(=O)S/C(=C\c2ccccc2)C1=O)c1sccc1-c1ccccc1. The smallest absolute Gasteiger partial charge is 0.293 e. The van der Waals surface area contributed by atoms with Gasteiger partial charge in [-0.1, -0.05) is 60.7 Å². The van der Waals surface area contributed by atoms with Gasteiger partial charge >= 0.3 is 0 Å². The van der Waals surface area contributed by atoms with Gasteiger partial charge in [0.2, 0.25) is 0 Å². The lowest BCUT2D eigenvalue weighted by Gasteiger charge is -2.13. The highest BCUT2D eigenvalue weighted by Gasteiger charge is 2.34. The van der Waals surface area contributed by atoms with Crippen molar-refractivity contribution < 1.29 is 14.4 Å². The van der Waals surface area contributed by atoms with E-state index in [-0.39, 0.29) is 30.1 Å². The lowest BCUT2D eigenvalue weighted by Crippen LogP contribution is -2.37. The molecule has 0 aliphatic carbocycles. The van der Waals surface area contributed by atoms with Crippen LogP contribution in [0.15, 0.2) is 77.0 Å². The standard InChI is InChI=1S/C23H18N2O3S2/c26-21(20-18(11-14-29-20)17-9-5-2-6-10-17)24-12-13-25-22(27)19(30-23(25)28)15-16-7-3-1-4-8-16/h1-11,14-15H,12-13H2,(H,24,26)/b19-15-. The molecule has 4 rings (SSSR count). The number of carbonyl (C=O) groups excluding carboxylic acids is 3. The molecule has 1 aliphatic heterocycles. The quantitative estimate of drug-likeness (QED) is 0.562. The molecule has 0 saturated carbocycles. The average molecular weight is 435 g/mol. The van der Waals surface area contributed by atoms with Crippen molar-refractivity contribution in [3.63, 3.8) is 0 Å². The van der Waals surface area contributed by atoms with Crippen molar-refractivity contribution in [1.82, 2.24) is 10.2 Å². The predicted molar refractivity (Wildman–Crippen MR) is 121 cm³/mol. The maximum atomic E-state index is 12.6. The second kappa shape index (κ2) is 9.11. The first-order valence-electron chi connectivity index (χ1n) is 9.35. The fourth-order valence-electron chi connectivity index (χ4n) is 3.09. The molecule has 3 aromatic rings. The van der Waals surface area contributed by atoms with Gasteiger partial charge in [-0.3, -0.25) is 19.3 Å². The first kappa shape index (κ1) is 20.1. The van der Waals surface area contributed by atoms with E-state index in [4.69, 9.17) is 0 Å². The van der Waals surface area contributed by atoms with E-state index in [0.717, 1.165) is 28.5 Å². The van der Waals surface area contributed by atoms with Crippen molar-refractivity contribution in [3.05, 3.63) is 87.5 Å². The summed E-state index contributed by atoms with van der Waals surface area (Å²) in [6, 6.07) is 21.0. The van der Waals surface area contributed by atoms with E-state index in [2.05, 4.69) is 5.32 Å². The zero-order valence-corrected chi connectivity index (χ0v) is 17.5. The molecule has 1 aromatic heterocycles. The Morgan fingerprint density at radius 2 is 1.67 bits per heavy atom. The lowest BCUT2D eigenvalue weighted by molar-refractivity contribution is -0.122. The summed E-state index contributed by atoms with van der Waals surface area (Å²) < 4.78 is 0. The molecule has 3 amide bonds. The van der Waals surface area contributed by atoms with E-state index in [1.54, 1.807) is 6.08 Å². The van der Waals surface area contributed by atoms with Crippen LogP contribution in [0.5, 0.6) is 0 Å². The first-order valence-corrected chi connectivity index (χ1v) is 11.0. The third kappa shape index (κ3) is 4.37. The summed E-state index contributed by atoms with van der Waals surface area (Å²) in [7, 11) is 0. The van der Waals surface area contributed by atoms with Crippen LogP contribution < -0.4 is 5.32 Å². The molecular weight excluding hydrogens is 416 g/mol. The summed E-state index contributed by atoms with van der Waals surface area (Å²) in [4.78, 5) is 39.6. The van der Waals surface area contributed by atoms with Crippen molar-refractivity contribution in [3.8, 4) is 11.1 Å². The third-order valence-electron chi connectivity index (χ3n) is 4.55. The summed E-state index contributed by atoms with van der Waals surface area (Å²) in [5.74, 6) is -0.542. The Morgan fingerprint density at radius 1 is 0.967 bits per heavy atom. The number of amides is 3. The molecular formula is C23H18N2O3S2. The Bertz CT molecular complexity index is 1110. The highest BCUT2D eigenvalue weighted by atomic mass is 32.2. The van der Waals surface area contributed by atoms with Crippen LogP contribution in [0, 0.1) is 0 Å². The second-order valence-electron chi connectivity index (χ2n) is 6.53. The third-order valence-corrected chi connectivity index (χ3v) is 6.37. The van der Waals surface area contributed by atoms with Gasteiger partial charge in [0.05, 0.1) is 9.78 Å². The van der Waals surface area contributed by atoms with Crippen LogP contribution in [0.2, 0.25) is 0 Å². The zero-order chi connectivity index (χ0) is 20.9. The summed E-state index contributed by atoms with van der Waals surface area (Å²) in [6.45, 7) is 0.330. The zero-order valence-electron chi connectivity index (χ0n) is 15.9. The number of rotatable bonds is 6. The molecule has 0 bridgehead atoms. The fourth-order valence-corrected chi connectivity index (χ4v) is 4.78. The van der Waals surface area contributed by atoms with Gasteiger partial charge < -0.3 is 5.32 Å². The van der Waals surface area contributed by atoms with Crippen LogP contribution in [0.4, 0.5) is 4.79 Å². The number of thioether (sulfide) groups is 1. The Kier molecular flexibility index (Phi) is 6.11. The highest BCUT2D eigenvalue weighted by Crippen LogP contribution is 2.32. The summed E-state index contributed by atoms with van der Waals surface area (Å²) in [5.41, 5.74) is 2.71. The van der Waals surface area contributed by atoms with Crippen molar-refractivity contribution in [2.75, 3.05) is 13.1 Å². The minimum Gasteiger partial charge on any atom is -0.350 e. The molecule has 2 heterocycles. The van der Waals surface area contributed by atoms with Gasteiger partial charge in [0.1, 0.15) is 0 Å². The van der Waals surface area contributed by atoms with Crippen molar-refractivity contribution in [2.24, 2.45) is 0 Å². The molecule has 0 atom stereocenters. The number of hydrogen-bond acceptors (Lipinski definition) is 5. The predicted octanol–water partition coefficient (Wildman–Crippen LogP) is 4.88. The molecule has 2 aromatic carbocycles. The van der Waals surface area contributed by atoms with E-state index in [1.165, 1.54) is 16.2 Å². The summed E-state index contributed by atoms with van der Waals surface area (Å²) in [5, 5.41) is 4.38. The Labute approximate surface area is 182 Å². The van der Waals surface area contributed by atoms with Crippen LogP contribution in [0.25, 0.3) is 17.2 Å². The Balaban J connectivity index is 1.38. The van der Waals surface area contributed by atoms with Crippen LogP contribution in [-0.2, 0) is 4.79 Å². The minimum absolute atomic E-state index is 0.134. The molecule has 1 fully saturated rings. The van der Waals surface area contributed by atoms with E-state index in [9.17, 15) is 14.4 Å². The largest absolute Gasteiger partial charge is 0.350 e. The first-order chi connectivity index (χ1) is 14.6.